The molecule has 0 saturated heterocycles. The molecule has 2 heterocycles. The second kappa shape index (κ2) is 6.55. The Labute approximate surface area is 139 Å². The number of fused-ring (bicyclic) bond motifs is 1. The maximum Gasteiger partial charge on any atom is 0.230 e. The summed E-state index contributed by atoms with van der Waals surface area (Å²) >= 11 is 1.45. The molecule has 0 amide bonds. The summed E-state index contributed by atoms with van der Waals surface area (Å²) in [6.07, 6.45) is 1.45. The molecule has 0 aliphatic heterocycles. The maximum absolute atomic E-state index is 10.6. The molecule has 7 heteroatoms. The van der Waals surface area contributed by atoms with Crippen LogP contribution in [0.25, 0.3) is 4.96 Å². The van der Waals surface area contributed by atoms with Crippen LogP contribution in [0.1, 0.15) is 30.3 Å². The zero-order chi connectivity index (χ0) is 16.4. The molecule has 1 unspecified atom stereocenters. The van der Waals surface area contributed by atoms with Crippen molar-refractivity contribution >= 4 is 16.3 Å². The first-order valence-electron chi connectivity index (χ1n) is 7.59. The van der Waals surface area contributed by atoms with Crippen molar-refractivity contribution in [3.63, 3.8) is 0 Å². The number of para-hydroxylation sites is 1. The van der Waals surface area contributed by atoms with Crippen LogP contribution in [0.15, 0.2) is 30.6 Å². The third-order valence-electron chi connectivity index (χ3n) is 4.00. The molecule has 23 heavy (non-hydrogen) atoms. The fourth-order valence-electron chi connectivity index (χ4n) is 2.86. The van der Waals surface area contributed by atoms with Gasteiger partial charge < -0.3 is 9.84 Å². The molecule has 0 fully saturated rings. The Hall–Kier alpha value is -2.12. The number of ether oxygens (including phenoxy) is 1. The van der Waals surface area contributed by atoms with Gasteiger partial charge in [-0.2, -0.15) is 9.61 Å². The van der Waals surface area contributed by atoms with E-state index in [2.05, 4.69) is 28.8 Å². The molecule has 0 saturated carbocycles. The molecular weight excluding hydrogens is 312 g/mol. The number of hydrogen-bond acceptors (Lipinski definition) is 6. The third kappa shape index (κ3) is 2.66. The SMILES string of the molecule is CCN(CC)C(c1ccccc1OC)c1sc2ncnn2c1O. The molecule has 1 aromatic carbocycles. The molecule has 1 N–H and O–H groups in total. The van der Waals surface area contributed by atoms with E-state index in [1.807, 2.05) is 24.3 Å². The van der Waals surface area contributed by atoms with Crippen LogP contribution in [0.3, 0.4) is 0 Å². The zero-order valence-electron chi connectivity index (χ0n) is 13.4. The highest BCUT2D eigenvalue weighted by Gasteiger charge is 2.29. The number of rotatable bonds is 6. The van der Waals surface area contributed by atoms with E-state index < -0.39 is 0 Å². The lowest BCUT2D eigenvalue weighted by Gasteiger charge is -2.30. The number of benzene rings is 1. The Morgan fingerprint density at radius 2 is 2.04 bits per heavy atom. The minimum atomic E-state index is -0.102. The van der Waals surface area contributed by atoms with E-state index in [9.17, 15) is 5.11 Å². The van der Waals surface area contributed by atoms with Crippen molar-refractivity contribution < 1.29 is 9.84 Å². The van der Waals surface area contributed by atoms with E-state index in [-0.39, 0.29) is 11.9 Å². The summed E-state index contributed by atoms with van der Waals surface area (Å²) in [4.78, 5) is 7.98. The molecule has 0 bridgehead atoms. The summed E-state index contributed by atoms with van der Waals surface area (Å²) in [5, 5.41) is 14.7. The minimum Gasteiger partial charge on any atom is -0.496 e. The lowest BCUT2D eigenvalue weighted by molar-refractivity contribution is 0.243. The van der Waals surface area contributed by atoms with E-state index in [0.29, 0.717) is 4.96 Å². The van der Waals surface area contributed by atoms with E-state index in [0.717, 1.165) is 29.3 Å². The van der Waals surface area contributed by atoms with Crippen LogP contribution in [-0.2, 0) is 0 Å². The fourth-order valence-corrected chi connectivity index (χ4v) is 3.94. The molecule has 2 aromatic heterocycles. The molecule has 0 spiro atoms. The van der Waals surface area contributed by atoms with Crippen molar-refractivity contribution in [2.75, 3.05) is 20.2 Å². The van der Waals surface area contributed by atoms with Gasteiger partial charge in [-0.25, -0.2) is 4.98 Å². The van der Waals surface area contributed by atoms with Gasteiger partial charge in [-0.3, -0.25) is 4.90 Å². The normalized spacial score (nSPS) is 12.9. The van der Waals surface area contributed by atoms with Crippen molar-refractivity contribution in [2.45, 2.75) is 19.9 Å². The van der Waals surface area contributed by atoms with Gasteiger partial charge in [0.25, 0.3) is 0 Å². The number of thiazole rings is 1. The zero-order valence-corrected chi connectivity index (χ0v) is 14.2. The van der Waals surface area contributed by atoms with Crippen molar-refractivity contribution in [3.8, 4) is 11.6 Å². The molecule has 3 aromatic rings. The molecule has 0 aliphatic carbocycles. The van der Waals surface area contributed by atoms with E-state index in [1.165, 1.54) is 22.2 Å². The largest absolute Gasteiger partial charge is 0.496 e. The lowest BCUT2D eigenvalue weighted by Crippen LogP contribution is -2.29. The molecule has 1 atom stereocenters. The van der Waals surface area contributed by atoms with Crippen LogP contribution >= 0.6 is 11.3 Å². The second-order valence-corrected chi connectivity index (χ2v) is 6.12. The standard InChI is InChI=1S/C16H20N4O2S/c1-4-19(5-2)13(11-8-6-7-9-12(11)22-3)14-15(21)20-16(23-14)17-10-18-20/h6-10,13,21H,4-5H2,1-3H3. The molecule has 0 radical (unpaired) electrons. The summed E-state index contributed by atoms with van der Waals surface area (Å²) < 4.78 is 7.02. The van der Waals surface area contributed by atoms with E-state index in [4.69, 9.17) is 4.74 Å². The van der Waals surface area contributed by atoms with Crippen LogP contribution in [0, 0.1) is 0 Å². The first kappa shape index (κ1) is 15.8. The van der Waals surface area contributed by atoms with Crippen molar-refractivity contribution in [1.29, 1.82) is 0 Å². The Balaban J connectivity index is 2.19. The fraction of sp³-hybridized carbons (Fsp3) is 0.375. The summed E-state index contributed by atoms with van der Waals surface area (Å²) in [6, 6.07) is 7.82. The van der Waals surface area contributed by atoms with Crippen LogP contribution in [0.5, 0.6) is 11.6 Å². The van der Waals surface area contributed by atoms with Gasteiger partial charge in [0.05, 0.1) is 18.0 Å². The summed E-state index contributed by atoms with van der Waals surface area (Å²) in [6.45, 7) is 5.93. The highest BCUT2D eigenvalue weighted by molar-refractivity contribution is 7.17. The number of nitrogens with zero attached hydrogens (tertiary/aromatic N) is 4. The first-order chi connectivity index (χ1) is 11.2. The second-order valence-electron chi connectivity index (χ2n) is 5.11. The molecular formula is C16H20N4O2S. The Bertz CT molecular complexity index is 794. The van der Waals surface area contributed by atoms with E-state index >= 15 is 0 Å². The highest BCUT2D eigenvalue weighted by Crippen LogP contribution is 2.42. The minimum absolute atomic E-state index is 0.102. The highest BCUT2D eigenvalue weighted by atomic mass is 32.1. The molecule has 122 valence electrons. The predicted octanol–water partition coefficient (Wildman–Crippen LogP) is 2.94. The monoisotopic (exact) mass is 332 g/mol. The summed E-state index contributed by atoms with van der Waals surface area (Å²) in [5.74, 6) is 0.952. The Morgan fingerprint density at radius 3 is 2.70 bits per heavy atom. The van der Waals surface area contributed by atoms with Gasteiger partial charge in [0, 0.05) is 5.56 Å². The molecule has 0 aliphatic rings. The van der Waals surface area contributed by atoms with Crippen LogP contribution in [0.2, 0.25) is 0 Å². The van der Waals surface area contributed by atoms with Gasteiger partial charge in [-0.1, -0.05) is 43.4 Å². The van der Waals surface area contributed by atoms with Crippen LogP contribution in [0.4, 0.5) is 0 Å². The van der Waals surface area contributed by atoms with Crippen molar-refractivity contribution in [1.82, 2.24) is 19.5 Å². The van der Waals surface area contributed by atoms with Gasteiger partial charge >= 0.3 is 0 Å². The first-order valence-corrected chi connectivity index (χ1v) is 8.41. The topological polar surface area (TPSA) is 62.9 Å². The Kier molecular flexibility index (Phi) is 4.49. The van der Waals surface area contributed by atoms with Crippen molar-refractivity contribution in [3.05, 3.63) is 41.0 Å². The third-order valence-corrected chi connectivity index (χ3v) is 5.08. The number of hydrogen-bond donors (Lipinski definition) is 1. The quantitative estimate of drug-likeness (QED) is 0.752. The van der Waals surface area contributed by atoms with Gasteiger partial charge in [0.15, 0.2) is 0 Å². The van der Waals surface area contributed by atoms with Gasteiger partial charge in [0.1, 0.15) is 12.1 Å². The number of aromatic hydroxyl groups is 1. The lowest BCUT2D eigenvalue weighted by atomic mass is 10.0. The number of methoxy groups -OCH3 is 1. The van der Waals surface area contributed by atoms with Crippen molar-refractivity contribution in [2.24, 2.45) is 0 Å². The maximum atomic E-state index is 10.6. The summed E-state index contributed by atoms with van der Waals surface area (Å²) in [7, 11) is 1.67. The van der Waals surface area contributed by atoms with E-state index in [1.54, 1.807) is 7.11 Å². The van der Waals surface area contributed by atoms with Gasteiger partial charge in [-0.15, -0.1) is 0 Å². The Morgan fingerprint density at radius 1 is 1.30 bits per heavy atom. The number of aromatic nitrogens is 3. The smallest absolute Gasteiger partial charge is 0.230 e. The average Bonchev–Trinajstić information content (AvgIpc) is 3.16. The van der Waals surface area contributed by atoms with Gasteiger partial charge in [-0.05, 0) is 19.2 Å². The molecule has 6 nitrogen and oxygen atoms in total. The van der Waals surface area contributed by atoms with Crippen LogP contribution < -0.4 is 4.74 Å². The van der Waals surface area contributed by atoms with Crippen LogP contribution in [-0.4, -0.2) is 44.8 Å². The van der Waals surface area contributed by atoms with Gasteiger partial charge in [0.2, 0.25) is 10.8 Å². The average molecular weight is 332 g/mol. The summed E-state index contributed by atoms with van der Waals surface area (Å²) in [5.41, 5.74) is 1.03. The molecule has 3 rings (SSSR count). The predicted molar refractivity (Wildman–Crippen MR) is 90.3 cm³/mol.